The summed E-state index contributed by atoms with van der Waals surface area (Å²) in [5, 5.41) is 11.9. The number of thiophene rings is 1. The SMILES string of the molecule is c1ccc(-c2nc(-c3ccc4ccc5ccccc5c4c3)nc(-c3cccc4oc5c(-c6ccc7c(c6)sc6c8ccccc8ccc76)cccc5c34)n2)cc1. The first-order chi connectivity index (χ1) is 27.7. The smallest absolute Gasteiger partial charge is 0.164 e. The van der Waals surface area contributed by atoms with E-state index in [1.54, 1.807) is 0 Å². The number of aromatic nitrogens is 3. The van der Waals surface area contributed by atoms with Crippen LogP contribution in [0.3, 0.4) is 0 Å². The monoisotopic (exact) mass is 731 g/mol. The van der Waals surface area contributed by atoms with E-state index in [2.05, 4.69) is 133 Å². The van der Waals surface area contributed by atoms with Crippen molar-refractivity contribution < 1.29 is 4.42 Å². The van der Waals surface area contributed by atoms with Crippen LogP contribution in [0.4, 0.5) is 0 Å². The van der Waals surface area contributed by atoms with Crippen molar-refractivity contribution in [3.05, 3.63) is 176 Å². The number of furan rings is 1. The van der Waals surface area contributed by atoms with Crippen molar-refractivity contribution in [3.63, 3.8) is 0 Å². The fourth-order valence-corrected chi connectivity index (χ4v) is 9.69. The third kappa shape index (κ3) is 4.81. The molecule has 3 aromatic heterocycles. The van der Waals surface area contributed by atoms with Gasteiger partial charge in [0, 0.05) is 53.2 Å². The first-order valence-electron chi connectivity index (χ1n) is 18.8. The molecule has 3 heterocycles. The third-order valence-electron chi connectivity index (χ3n) is 11.1. The predicted molar refractivity (Wildman–Crippen MR) is 234 cm³/mol. The summed E-state index contributed by atoms with van der Waals surface area (Å²) in [6.07, 6.45) is 0. The lowest BCUT2D eigenvalue weighted by molar-refractivity contribution is 0.670. The topological polar surface area (TPSA) is 51.8 Å². The molecule has 0 aliphatic carbocycles. The van der Waals surface area contributed by atoms with E-state index < -0.39 is 0 Å². The Morgan fingerprint density at radius 3 is 1.88 bits per heavy atom. The predicted octanol–water partition coefficient (Wildman–Crippen LogP) is 14.3. The Bertz CT molecular complexity index is 3550. The lowest BCUT2D eigenvalue weighted by Gasteiger charge is -2.10. The largest absolute Gasteiger partial charge is 0.455 e. The summed E-state index contributed by atoms with van der Waals surface area (Å²) in [5.41, 5.74) is 6.58. The zero-order valence-electron chi connectivity index (χ0n) is 29.9. The molecule has 12 rings (SSSR count). The molecule has 5 heteroatoms. The number of nitrogens with zero attached hydrogens (tertiary/aromatic N) is 3. The molecule has 9 aromatic carbocycles. The van der Waals surface area contributed by atoms with Gasteiger partial charge in [0.15, 0.2) is 17.5 Å². The first-order valence-corrected chi connectivity index (χ1v) is 19.6. The summed E-state index contributed by atoms with van der Waals surface area (Å²) < 4.78 is 9.36. The average molecular weight is 732 g/mol. The van der Waals surface area contributed by atoms with Crippen molar-refractivity contribution in [2.24, 2.45) is 0 Å². The van der Waals surface area contributed by atoms with Crippen molar-refractivity contribution in [3.8, 4) is 45.3 Å². The summed E-state index contributed by atoms with van der Waals surface area (Å²) >= 11 is 1.86. The Kier molecular flexibility index (Phi) is 6.76. The molecular weight excluding hydrogens is 703 g/mol. The minimum absolute atomic E-state index is 0.601. The Hall–Kier alpha value is -7.21. The number of benzene rings is 9. The van der Waals surface area contributed by atoms with Crippen molar-refractivity contribution in [2.45, 2.75) is 0 Å². The average Bonchev–Trinajstić information content (AvgIpc) is 3.85. The van der Waals surface area contributed by atoms with Gasteiger partial charge < -0.3 is 4.42 Å². The molecule has 12 aromatic rings. The molecular formula is C51H29N3OS. The van der Waals surface area contributed by atoms with E-state index in [9.17, 15) is 0 Å². The quantitative estimate of drug-likeness (QED) is 0.169. The highest BCUT2D eigenvalue weighted by atomic mass is 32.1. The lowest BCUT2D eigenvalue weighted by atomic mass is 9.99. The number of rotatable bonds is 4. The van der Waals surface area contributed by atoms with Gasteiger partial charge in [0.1, 0.15) is 11.2 Å². The molecule has 0 saturated heterocycles. The maximum absolute atomic E-state index is 6.78. The van der Waals surface area contributed by atoms with E-state index in [0.717, 1.165) is 49.8 Å². The van der Waals surface area contributed by atoms with Gasteiger partial charge in [-0.2, -0.15) is 0 Å². The second kappa shape index (κ2) is 12.2. The van der Waals surface area contributed by atoms with Gasteiger partial charge in [-0.1, -0.05) is 158 Å². The van der Waals surface area contributed by atoms with Crippen LogP contribution in [0.25, 0.3) is 120 Å². The minimum atomic E-state index is 0.601. The van der Waals surface area contributed by atoms with Crippen LogP contribution in [0.1, 0.15) is 0 Å². The van der Waals surface area contributed by atoms with Gasteiger partial charge in [-0.25, -0.2) is 15.0 Å². The van der Waals surface area contributed by atoms with E-state index >= 15 is 0 Å². The second-order valence-corrected chi connectivity index (χ2v) is 15.4. The number of para-hydroxylation sites is 1. The molecule has 0 fully saturated rings. The Morgan fingerprint density at radius 2 is 1.00 bits per heavy atom. The van der Waals surface area contributed by atoms with Gasteiger partial charge in [0.25, 0.3) is 0 Å². The fraction of sp³-hybridized carbons (Fsp3) is 0. The van der Waals surface area contributed by atoms with Gasteiger partial charge in [-0.05, 0) is 56.1 Å². The second-order valence-electron chi connectivity index (χ2n) is 14.3. The molecule has 0 aliphatic heterocycles. The highest BCUT2D eigenvalue weighted by molar-refractivity contribution is 7.26. The summed E-state index contributed by atoms with van der Waals surface area (Å²) in [6.45, 7) is 0. The van der Waals surface area contributed by atoms with Gasteiger partial charge in [-0.15, -0.1) is 11.3 Å². The number of hydrogen-bond acceptors (Lipinski definition) is 5. The van der Waals surface area contributed by atoms with Crippen molar-refractivity contribution in [2.75, 3.05) is 0 Å². The molecule has 260 valence electrons. The van der Waals surface area contributed by atoms with Crippen LogP contribution < -0.4 is 0 Å². The molecule has 0 atom stereocenters. The molecule has 4 nitrogen and oxygen atoms in total. The fourth-order valence-electron chi connectivity index (χ4n) is 8.42. The summed E-state index contributed by atoms with van der Waals surface area (Å²) in [6, 6.07) is 62.0. The summed E-state index contributed by atoms with van der Waals surface area (Å²) in [5.74, 6) is 1.85. The first kappa shape index (κ1) is 31.2. The van der Waals surface area contributed by atoms with E-state index in [1.165, 1.54) is 52.5 Å². The van der Waals surface area contributed by atoms with E-state index in [-0.39, 0.29) is 0 Å². The Balaban J connectivity index is 1.04. The minimum Gasteiger partial charge on any atom is -0.455 e. The van der Waals surface area contributed by atoms with Crippen LogP contribution in [-0.2, 0) is 0 Å². The Morgan fingerprint density at radius 1 is 0.375 bits per heavy atom. The normalized spacial score (nSPS) is 11.9. The van der Waals surface area contributed by atoms with Gasteiger partial charge >= 0.3 is 0 Å². The zero-order chi connectivity index (χ0) is 36.7. The van der Waals surface area contributed by atoms with E-state index in [0.29, 0.717) is 17.5 Å². The van der Waals surface area contributed by atoms with Crippen LogP contribution in [0, 0.1) is 0 Å². The molecule has 0 saturated carbocycles. The van der Waals surface area contributed by atoms with Crippen LogP contribution in [-0.4, -0.2) is 15.0 Å². The molecule has 0 N–H and O–H groups in total. The maximum atomic E-state index is 6.78. The van der Waals surface area contributed by atoms with E-state index in [4.69, 9.17) is 19.4 Å². The van der Waals surface area contributed by atoms with Gasteiger partial charge in [0.05, 0.1) is 0 Å². The molecule has 0 unspecified atom stereocenters. The van der Waals surface area contributed by atoms with Crippen molar-refractivity contribution in [1.29, 1.82) is 0 Å². The maximum Gasteiger partial charge on any atom is 0.164 e. The highest BCUT2D eigenvalue weighted by Gasteiger charge is 2.20. The van der Waals surface area contributed by atoms with Crippen molar-refractivity contribution >= 4 is 85.8 Å². The van der Waals surface area contributed by atoms with Gasteiger partial charge in [-0.3, -0.25) is 0 Å². The summed E-state index contributed by atoms with van der Waals surface area (Å²) in [4.78, 5) is 15.4. The zero-order valence-corrected chi connectivity index (χ0v) is 30.7. The van der Waals surface area contributed by atoms with E-state index in [1.807, 2.05) is 53.8 Å². The molecule has 0 spiro atoms. The lowest BCUT2D eigenvalue weighted by Crippen LogP contribution is -2.00. The standard InChI is InChI=1S/C51H29N3OS/c1-2-12-33(13-3-1)49-52-50(35-23-22-32-21-20-30-10-4-6-14-36(30)43(32)28-35)54-51(53-49)42-18-9-19-44-46(42)41-17-8-16-37(47(41)55-44)34-25-26-39-40-27-24-31-11-5-7-15-38(31)48(40)56-45(39)29-34/h1-29H. The van der Waals surface area contributed by atoms with Gasteiger partial charge in [0.2, 0.25) is 0 Å². The number of fused-ring (bicyclic) bond motifs is 11. The van der Waals surface area contributed by atoms with Crippen LogP contribution in [0.2, 0.25) is 0 Å². The third-order valence-corrected chi connectivity index (χ3v) is 12.3. The van der Waals surface area contributed by atoms with Crippen LogP contribution >= 0.6 is 11.3 Å². The van der Waals surface area contributed by atoms with Crippen LogP contribution in [0.5, 0.6) is 0 Å². The van der Waals surface area contributed by atoms with Crippen molar-refractivity contribution in [1.82, 2.24) is 15.0 Å². The number of hydrogen-bond donors (Lipinski definition) is 0. The summed E-state index contributed by atoms with van der Waals surface area (Å²) in [7, 11) is 0. The molecule has 0 radical (unpaired) electrons. The molecule has 0 bridgehead atoms. The molecule has 0 aliphatic rings. The molecule has 0 amide bonds. The molecule has 56 heavy (non-hydrogen) atoms. The Labute approximate surface area is 325 Å². The highest BCUT2D eigenvalue weighted by Crippen LogP contribution is 2.44. The van der Waals surface area contributed by atoms with Crippen LogP contribution in [0.15, 0.2) is 180 Å².